The van der Waals surface area contributed by atoms with Crippen molar-refractivity contribution in [2.45, 2.75) is 54.9 Å². The van der Waals surface area contributed by atoms with E-state index in [1.54, 1.807) is 13.2 Å². The molecule has 5 rings (SSSR count). The second-order valence-electron chi connectivity index (χ2n) is 8.89. The van der Waals surface area contributed by atoms with Crippen LogP contribution in [0.25, 0.3) is 0 Å². The highest BCUT2D eigenvalue weighted by atomic mass is 32.2. The highest BCUT2D eigenvalue weighted by Crippen LogP contribution is 2.66. The molecular weight excluding hydrogens is 396 g/mol. The molecule has 1 saturated heterocycles. The zero-order chi connectivity index (χ0) is 20.6. The van der Waals surface area contributed by atoms with Crippen LogP contribution in [0.15, 0.2) is 12.1 Å². The van der Waals surface area contributed by atoms with Gasteiger partial charge in [0.15, 0.2) is 11.5 Å². The standard InChI is InChI=1S/C20H28N2O6S/c1-22-9-7-19-16-12-3-4-14(23)17(16)28-18(19)13(21-8-10-29(24,25)26)5-6-20(19,27-2)15(22)11-12/h3-4,13,15,18,21,23H,5-11H2,1-2H3,(H,24,25,26)/t13?,15?,18-,19-,20+/m0/s1. The number of aromatic hydroxyl groups is 1. The Hall–Kier alpha value is -1.39. The monoisotopic (exact) mass is 424 g/mol. The fourth-order valence-corrected chi connectivity index (χ4v) is 7.10. The van der Waals surface area contributed by atoms with Crippen LogP contribution in [-0.2, 0) is 26.7 Å². The predicted octanol–water partition coefficient (Wildman–Crippen LogP) is 0.676. The molecule has 1 saturated carbocycles. The van der Waals surface area contributed by atoms with Crippen LogP contribution in [0.4, 0.5) is 0 Å². The summed E-state index contributed by atoms with van der Waals surface area (Å²) < 4.78 is 44.2. The highest BCUT2D eigenvalue weighted by molar-refractivity contribution is 7.85. The van der Waals surface area contributed by atoms with E-state index in [0.717, 1.165) is 37.8 Å². The number of hydrogen-bond acceptors (Lipinski definition) is 7. The van der Waals surface area contributed by atoms with Crippen molar-refractivity contribution in [3.63, 3.8) is 0 Å². The molecule has 0 radical (unpaired) electrons. The summed E-state index contributed by atoms with van der Waals surface area (Å²) in [5.74, 6) is 0.361. The van der Waals surface area contributed by atoms with E-state index in [9.17, 15) is 13.5 Å². The Morgan fingerprint density at radius 2 is 2.17 bits per heavy atom. The van der Waals surface area contributed by atoms with Crippen molar-refractivity contribution in [2.75, 3.05) is 33.0 Å². The van der Waals surface area contributed by atoms with Gasteiger partial charge in [0.05, 0.1) is 16.8 Å². The molecule has 1 aromatic rings. The first-order valence-electron chi connectivity index (χ1n) is 10.2. The Morgan fingerprint density at radius 3 is 2.90 bits per heavy atom. The summed E-state index contributed by atoms with van der Waals surface area (Å²) in [4.78, 5) is 2.38. The summed E-state index contributed by atoms with van der Waals surface area (Å²) in [5, 5.41) is 13.9. The van der Waals surface area contributed by atoms with Gasteiger partial charge < -0.3 is 24.8 Å². The minimum Gasteiger partial charge on any atom is -0.504 e. The van der Waals surface area contributed by atoms with Gasteiger partial charge in [-0.25, -0.2) is 0 Å². The average molecular weight is 425 g/mol. The molecular formula is C20H28N2O6S. The Labute approximate surface area is 170 Å². The first-order valence-corrected chi connectivity index (χ1v) is 11.8. The van der Waals surface area contributed by atoms with Crippen molar-refractivity contribution in [2.24, 2.45) is 0 Å². The normalized spacial score (nSPS) is 37.8. The van der Waals surface area contributed by atoms with E-state index in [0.29, 0.717) is 5.75 Å². The van der Waals surface area contributed by atoms with Crippen LogP contribution in [0.2, 0.25) is 0 Å². The smallest absolute Gasteiger partial charge is 0.266 e. The number of likely N-dealkylation sites (N-methyl/N-ethyl adjacent to an activating group) is 1. The lowest BCUT2D eigenvalue weighted by Gasteiger charge is -2.65. The Balaban J connectivity index is 1.61. The van der Waals surface area contributed by atoms with Crippen molar-refractivity contribution in [1.82, 2.24) is 10.2 Å². The topological polar surface area (TPSA) is 108 Å². The first kappa shape index (κ1) is 19.6. The second kappa shape index (κ2) is 6.31. The van der Waals surface area contributed by atoms with E-state index in [-0.39, 0.29) is 36.2 Å². The second-order valence-corrected chi connectivity index (χ2v) is 10.5. The molecule has 9 heteroatoms. The van der Waals surface area contributed by atoms with E-state index >= 15 is 0 Å². The number of ether oxygens (including phenoxy) is 2. The summed E-state index contributed by atoms with van der Waals surface area (Å²) in [6.07, 6.45) is 3.01. The molecule has 3 N–H and O–H groups in total. The summed E-state index contributed by atoms with van der Waals surface area (Å²) in [5.41, 5.74) is 1.46. The molecule has 1 spiro atoms. The van der Waals surface area contributed by atoms with Crippen molar-refractivity contribution in [3.8, 4) is 11.5 Å². The van der Waals surface area contributed by atoms with Crippen LogP contribution in [-0.4, -0.2) is 79.8 Å². The van der Waals surface area contributed by atoms with Crippen LogP contribution >= 0.6 is 0 Å². The molecule has 5 atom stereocenters. The largest absolute Gasteiger partial charge is 0.504 e. The quantitative estimate of drug-likeness (QED) is 0.592. The average Bonchev–Trinajstić information content (AvgIpc) is 3.02. The third-order valence-electron chi connectivity index (χ3n) is 7.82. The lowest BCUT2D eigenvalue weighted by atomic mass is 9.48. The van der Waals surface area contributed by atoms with E-state index in [1.807, 2.05) is 6.07 Å². The Morgan fingerprint density at radius 1 is 1.38 bits per heavy atom. The van der Waals surface area contributed by atoms with Crippen LogP contribution in [0.3, 0.4) is 0 Å². The van der Waals surface area contributed by atoms with Gasteiger partial charge in [0.25, 0.3) is 10.1 Å². The number of likely N-dealkylation sites (tertiary alicyclic amines) is 1. The lowest BCUT2D eigenvalue weighted by Crippen LogP contribution is -2.78. The third kappa shape index (κ3) is 2.48. The minimum absolute atomic E-state index is 0.0955. The SMILES string of the molecule is CO[C@@]12CCC(NCCS(=O)(=O)O)[C@@H]3Oc4c(O)ccc5c4[C@@]31CCN(C)C2C5. The lowest BCUT2D eigenvalue weighted by molar-refractivity contribution is -0.203. The van der Waals surface area contributed by atoms with Gasteiger partial charge in [0, 0.05) is 31.3 Å². The van der Waals surface area contributed by atoms with Gasteiger partial charge in [-0.1, -0.05) is 6.07 Å². The van der Waals surface area contributed by atoms with Gasteiger partial charge in [-0.15, -0.1) is 0 Å². The molecule has 160 valence electrons. The maximum absolute atomic E-state index is 11.2. The Kier molecular flexibility index (Phi) is 4.25. The number of phenolic OH excluding ortho intramolecular Hbond substituents is 1. The van der Waals surface area contributed by atoms with E-state index in [4.69, 9.17) is 14.0 Å². The zero-order valence-electron chi connectivity index (χ0n) is 16.7. The van der Waals surface area contributed by atoms with Gasteiger partial charge in [0.1, 0.15) is 6.10 Å². The molecule has 2 unspecified atom stereocenters. The molecule has 1 aromatic carbocycles. The van der Waals surface area contributed by atoms with Crippen LogP contribution < -0.4 is 10.1 Å². The third-order valence-corrected chi connectivity index (χ3v) is 8.54. The van der Waals surface area contributed by atoms with Crippen LogP contribution in [0.1, 0.15) is 30.4 Å². The van der Waals surface area contributed by atoms with Crippen LogP contribution in [0.5, 0.6) is 11.5 Å². The van der Waals surface area contributed by atoms with Gasteiger partial charge in [0.2, 0.25) is 0 Å². The molecule has 8 nitrogen and oxygen atoms in total. The van der Waals surface area contributed by atoms with E-state index < -0.39 is 21.1 Å². The van der Waals surface area contributed by atoms with Gasteiger partial charge >= 0.3 is 0 Å². The molecule has 2 bridgehead atoms. The molecule has 2 fully saturated rings. The molecule has 0 aromatic heterocycles. The molecule has 0 amide bonds. The fourth-order valence-electron chi connectivity index (χ4n) is 6.72. The molecule has 29 heavy (non-hydrogen) atoms. The van der Waals surface area contributed by atoms with Gasteiger partial charge in [-0.3, -0.25) is 4.55 Å². The molecule has 2 aliphatic carbocycles. The van der Waals surface area contributed by atoms with Crippen molar-refractivity contribution in [1.29, 1.82) is 0 Å². The fraction of sp³-hybridized carbons (Fsp3) is 0.700. The number of phenols is 1. The van der Waals surface area contributed by atoms with E-state index in [2.05, 4.69) is 17.3 Å². The minimum atomic E-state index is -4.03. The molecule has 2 aliphatic heterocycles. The van der Waals surface area contributed by atoms with Gasteiger partial charge in [-0.2, -0.15) is 8.42 Å². The summed E-state index contributed by atoms with van der Waals surface area (Å²) >= 11 is 0. The zero-order valence-corrected chi connectivity index (χ0v) is 17.5. The maximum Gasteiger partial charge on any atom is 0.266 e. The number of rotatable bonds is 5. The molecule has 4 aliphatic rings. The highest BCUT2D eigenvalue weighted by Gasteiger charge is 2.73. The summed E-state index contributed by atoms with van der Waals surface area (Å²) in [6, 6.07) is 3.83. The number of nitrogens with one attached hydrogen (secondary N) is 1. The molecule has 2 heterocycles. The van der Waals surface area contributed by atoms with E-state index in [1.165, 1.54) is 5.56 Å². The Bertz CT molecular complexity index is 953. The predicted molar refractivity (Wildman–Crippen MR) is 106 cm³/mol. The number of benzene rings is 1. The number of piperidine rings is 1. The number of methoxy groups -OCH3 is 1. The van der Waals surface area contributed by atoms with Crippen molar-refractivity contribution >= 4 is 10.1 Å². The van der Waals surface area contributed by atoms with Crippen LogP contribution in [0, 0.1) is 0 Å². The summed E-state index contributed by atoms with van der Waals surface area (Å²) in [7, 11) is -0.105. The number of nitrogens with zero attached hydrogens (tertiary/aromatic N) is 1. The summed E-state index contributed by atoms with van der Waals surface area (Å²) in [6.45, 7) is 1.06. The van der Waals surface area contributed by atoms with Crippen molar-refractivity contribution < 1.29 is 27.6 Å². The maximum atomic E-state index is 11.2. The number of hydrogen-bond donors (Lipinski definition) is 3. The van der Waals surface area contributed by atoms with Gasteiger partial charge in [-0.05, 0) is 50.9 Å². The first-order chi connectivity index (χ1) is 13.7. The van der Waals surface area contributed by atoms with Crippen molar-refractivity contribution in [3.05, 3.63) is 23.3 Å².